The Morgan fingerprint density at radius 1 is 1.32 bits per heavy atom. The molecule has 1 saturated heterocycles. The number of urea groups is 1. The number of carbonyl (C=O) groups excluding carboxylic acids is 2. The van der Waals surface area contributed by atoms with E-state index in [1.807, 2.05) is 30.3 Å². The van der Waals surface area contributed by atoms with Gasteiger partial charge in [-0.2, -0.15) is 4.98 Å². The molecule has 0 radical (unpaired) electrons. The first kappa shape index (κ1) is 15.6. The molecule has 2 aromatic rings. The lowest BCUT2D eigenvalue weighted by molar-refractivity contribution is -0.132. The van der Waals surface area contributed by atoms with E-state index in [-0.39, 0.29) is 30.9 Å². The van der Waals surface area contributed by atoms with E-state index in [1.54, 1.807) is 6.92 Å². The zero-order valence-electron chi connectivity index (χ0n) is 13.8. The molecule has 1 aliphatic heterocycles. The number of hydrogen-bond donors (Lipinski definition) is 1. The molecule has 2 fully saturated rings. The molecule has 2 heterocycles. The molecule has 1 atom stereocenters. The van der Waals surface area contributed by atoms with Crippen LogP contribution in [0.15, 0.2) is 34.9 Å². The number of amides is 3. The molecule has 1 aliphatic carbocycles. The number of benzene rings is 1. The highest BCUT2D eigenvalue weighted by atomic mass is 16.5. The van der Waals surface area contributed by atoms with Gasteiger partial charge in [0.15, 0.2) is 6.61 Å². The second-order valence-corrected chi connectivity index (χ2v) is 6.50. The van der Waals surface area contributed by atoms with E-state index < -0.39 is 11.6 Å². The number of rotatable bonds is 6. The molecule has 4 rings (SSSR count). The largest absolute Gasteiger partial charge is 0.485 e. The van der Waals surface area contributed by atoms with Gasteiger partial charge in [0, 0.05) is 0 Å². The van der Waals surface area contributed by atoms with E-state index in [1.165, 1.54) is 0 Å². The van der Waals surface area contributed by atoms with Gasteiger partial charge in [-0.05, 0) is 37.8 Å². The molecule has 0 bridgehead atoms. The van der Waals surface area contributed by atoms with Crippen LogP contribution < -0.4 is 10.1 Å². The van der Waals surface area contributed by atoms with Crippen molar-refractivity contribution in [2.75, 3.05) is 0 Å². The van der Waals surface area contributed by atoms with Crippen LogP contribution in [0.2, 0.25) is 0 Å². The molecule has 1 saturated carbocycles. The Morgan fingerprint density at radius 2 is 2.08 bits per heavy atom. The summed E-state index contributed by atoms with van der Waals surface area (Å²) in [6.07, 6.45) is 1.91. The van der Waals surface area contributed by atoms with Gasteiger partial charge < -0.3 is 14.6 Å². The molecule has 8 heteroatoms. The molecule has 130 valence electrons. The van der Waals surface area contributed by atoms with Gasteiger partial charge in [0.05, 0.1) is 0 Å². The van der Waals surface area contributed by atoms with E-state index in [2.05, 4.69) is 15.5 Å². The topological polar surface area (TPSA) is 97.6 Å². The van der Waals surface area contributed by atoms with Crippen molar-refractivity contribution in [1.82, 2.24) is 20.4 Å². The number of para-hydroxylation sites is 1. The van der Waals surface area contributed by atoms with Crippen molar-refractivity contribution in [3.8, 4) is 5.75 Å². The van der Waals surface area contributed by atoms with Gasteiger partial charge in [-0.3, -0.25) is 9.69 Å². The molecule has 1 aromatic carbocycles. The summed E-state index contributed by atoms with van der Waals surface area (Å²) in [4.78, 5) is 30.0. The first-order valence-corrected chi connectivity index (χ1v) is 8.19. The Morgan fingerprint density at radius 3 is 2.80 bits per heavy atom. The lowest BCUT2D eigenvalue weighted by Crippen LogP contribution is -2.46. The first-order valence-electron chi connectivity index (χ1n) is 8.19. The fraction of sp³-hybridized carbons (Fsp3) is 0.412. The van der Waals surface area contributed by atoms with Crippen LogP contribution in [0.1, 0.15) is 31.5 Å². The Kier molecular flexibility index (Phi) is 3.67. The van der Waals surface area contributed by atoms with Crippen LogP contribution in [-0.2, 0) is 17.9 Å². The molecular formula is C17H18N4O4. The Balaban J connectivity index is 1.39. The fourth-order valence-corrected chi connectivity index (χ4v) is 3.01. The van der Waals surface area contributed by atoms with Gasteiger partial charge in [-0.25, -0.2) is 4.79 Å². The highest BCUT2D eigenvalue weighted by Crippen LogP contribution is 2.42. The molecule has 0 unspecified atom stereocenters. The van der Waals surface area contributed by atoms with Crippen LogP contribution in [0, 0.1) is 5.92 Å². The average molecular weight is 342 g/mol. The lowest BCUT2D eigenvalue weighted by Gasteiger charge is -2.20. The predicted molar refractivity (Wildman–Crippen MR) is 85.3 cm³/mol. The summed E-state index contributed by atoms with van der Waals surface area (Å²) in [5.74, 6) is 1.24. The zero-order valence-corrected chi connectivity index (χ0v) is 13.8. The zero-order chi connectivity index (χ0) is 17.4. The van der Waals surface area contributed by atoms with Crippen LogP contribution in [0.4, 0.5) is 4.79 Å². The predicted octanol–water partition coefficient (Wildman–Crippen LogP) is 1.87. The maximum absolute atomic E-state index is 12.6. The van der Waals surface area contributed by atoms with Crippen LogP contribution >= 0.6 is 0 Å². The molecular weight excluding hydrogens is 324 g/mol. The maximum atomic E-state index is 12.6. The Hall–Kier alpha value is -2.90. The van der Waals surface area contributed by atoms with Crippen LogP contribution in [0.5, 0.6) is 5.75 Å². The summed E-state index contributed by atoms with van der Waals surface area (Å²) in [6, 6.07) is 8.86. The summed E-state index contributed by atoms with van der Waals surface area (Å²) < 4.78 is 10.7. The molecule has 3 amide bonds. The highest BCUT2D eigenvalue weighted by molar-refractivity contribution is 6.07. The molecule has 8 nitrogen and oxygen atoms in total. The maximum Gasteiger partial charge on any atom is 0.325 e. The van der Waals surface area contributed by atoms with Crippen molar-refractivity contribution in [2.24, 2.45) is 5.92 Å². The van der Waals surface area contributed by atoms with Crippen LogP contribution in [0.3, 0.4) is 0 Å². The normalized spacial score (nSPS) is 23.0. The third kappa shape index (κ3) is 2.95. The van der Waals surface area contributed by atoms with Crippen molar-refractivity contribution in [3.05, 3.63) is 42.0 Å². The second kappa shape index (κ2) is 5.87. The minimum atomic E-state index is -0.809. The first-order chi connectivity index (χ1) is 12.1. The standard InChI is InChI=1S/C17H18N4O4/c1-17(11-7-8-11)15(22)21(16(23)19-17)9-14-18-13(20-25-14)10-24-12-5-3-2-4-6-12/h2-6,11H,7-10H2,1H3,(H,19,23)/t17-/m0/s1. The van der Waals surface area contributed by atoms with Gasteiger partial charge in [-0.1, -0.05) is 23.4 Å². The van der Waals surface area contributed by atoms with Crippen molar-refractivity contribution in [1.29, 1.82) is 0 Å². The second-order valence-electron chi connectivity index (χ2n) is 6.50. The number of hydrogen-bond acceptors (Lipinski definition) is 6. The van der Waals surface area contributed by atoms with Gasteiger partial charge in [-0.15, -0.1) is 0 Å². The summed E-state index contributed by atoms with van der Waals surface area (Å²) in [7, 11) is 0. The van der Waals surface area contributed by atoms with Crippen molar-refractivity contribution in [3.63, 3.8) is 0 Å². The van der Waals surface area contributed by atoms with E-state index in [0.29, 0.717) is 11.6 Å². The minimum absolute atomic E-state index is 0.0364. The molecule has 0 spiro atoms. The molecule has 25 heavy (non-hydrogen) atoms. The number of ether oxygens (including phenoxy) is 1. The van der Waals surface area contributed by atoms with E-state index >= 15 is 0 Å². The molecule has 1 aromatic heterocycles. The number of aromatic nitrogens is 2. The summed E-state index contributed by atoms with van der Waals surface area (Å²) in [6.45, 7) is 1.89. The fourth-order valence-electron chi connectivity index (χ4n) is 3.01. The monoisotopic (exact) mass is 342 g/mol. The van der Waals surface area contributed by atoms with Crippen molar-refractivity contribution >= 4 is 11.9 Å². The van der Waals surface area contributed by atoms with Crippen LogP contribution in [-0.4, -0.2) is 32.5 Å². The van der Waals surface area contributed by atoms with E-state index in [9.17, 15) is 9.59 Å². The quantitative estimate of drug-likeness (QED) is 0.805. The van der Waals surface area contributed by atoms with Crippen molar-refractivity contribution in [2.45, 2.75) is 38.5 Å². The summed E-state index contributed by atoms with van der Waals surface area (Å²) in [5.41, 5.74) is -0.809. The third-order valence-corrected chi connectivity index (χ3v) is 4.61. The van der Waals surface area contributed by atoms with E-state index in [4.69, 9.17) is 9.26 Å². The average Bonchev–Trinajstić information content (AvgIpc) is 3.34. The van der Waals surface area contributed by atoms with Gasteiger partial charge in [0.1, 0.15) is 17.8 Å². The number of imide groups is 1. The molecule has 1 N–H and O–H groups in total. The Bertz CT molecular complexity index is 802. The van der Waals surface area contributed by atoms with Crippen molar-refractivity contribution < 1.29 is 18.8 Å². The third-order valence-electron chi connectivity index (χ3n) is 4.61. The smallest absolute Gasteiger partial charge is 0.325 e. The number of carbonyl (C=O) groups is 2. The molecule has 2 aliphatic rings. The SMILES string of the molecule is C[C@@]1(C2CC2)NC(=O)N(Cc2nc(COc3ccccc3)no2)C1=O. The number of nitrogens with zero attached hydrogens (tertiary/aromatic N) is 3. The minimum Gasteiger partial charge on any atom is -0.485 e. The van der Waals surface area contributed by atoms with Gasteiger partial charge in [0.25, 0.3) is 5.91 Å². The lowest BCUT2D eigenvalue weighted by atomic mass is 9.96. The number of nitrogens with one attached hydrogen (secondary N) is 1. The van der Waals surface area contributed by atoms with Gasteiger partial charge in [0.2, 0.25) is 11.7 Å². The highest BCUT2D eigenvalue weighted by Gasteiger charge is 2.56. The van der Waals surface area contributed by atoms with E-state index in [0.717, 1.165) is 17.7 Å². The summed E-state index contributed by atoms with van der Waals surface area (Å²) in [5, 5.41) is 6.62. The van der Waals surface area contributed by atoms with Crippen LogP contribution in [0.25, 0.3) is 0 Å². The summed E-state index contributed by atoms with van der Waals surface area (Å²) >= 11 is 0. The van der Waals surface area contributed by atoms with Gasteiger partial charge >= 0.3 is 6.03 Å². The Labute approximate surface area is 144 Å².